The first-order valence-electron chi connectivity index (χ1n) is 7.46. The molecule has 2 saturated heterocycles. The van der Waals surface area contributed by atoms with E-state index in [0.717, 1.165) is 32.7 Å². The number of nitrogens with zero attached hydrogens (tertiary/aromatic N) is 3. The first-order chi connectivity index (χ1) is 9.08. The first kappa shape index (κ1) is 14.8. The third-order valence-corrected chi connectivity index (χ3v) is 4.48. The SMILES string of the molecule is CC(C(=O)N1CCNCC1)N(C)CC1CCN(C)C1. The highest BCUT2D eigenvalue weighted by molar-refractivity contribution is 5.81. The number of nitrogens with one attached hydrogen (secondary N) is 1. The van der Waals surface area contributed by atoms with Gasteiger partial charge in [0.2, 0.25) is 5.91 Å². The Morgan fingerprint density at radius 3 is 2.63 bits per heavy atom. The van der Waals surface area contributed by atoms with Gasteiger partial charge in [0.25, 0.3) is 0 Å². The standard InChI is InChI=1S/C14H28N4O/c1-12(14(19)18-8-5-15-6-9-18)17(3)11-13-4-7-16(2)10-13/h12-13,15H,4-11H2,1-3H3. The molecule has 19 heavy (non-hydrogen) atoms. The molecule has 2 atom stereocenters. The van der Waals surface area contributed by atoms with Crippen molar-refractivity contribution in [3.05, 3.63) is 0 Å². The van der Waals surface area contributed by atoms with Crippen molar-refractivity contribution in [3.63, 3.8) is 0 Å². The lowest BCUT2D eigenvalue weighted by molar-refractivity contribution is -0.136. The van der Waals surface area contributed by atoms with Gasteiger partial charge in [0.05, 0.1) is 6.04 Å². The van der Waals surface area contributed by atoms with E-state index in [4.69, 9.17) is 0 Å². The van der Waals surface area contributed by atoms with Gasteiger partial charge in [-0.05, 0) is 39.9 Å². The van der Waals surface area contributed by atoms with Gasteiger partial charge in [-0.25, -0.2) is 0 Å². The molecule has 0 aromatic heterocycles. The van der Waals surface area contributed by atoms with Crippen LogP contribution in [0.25, 0.3) is 0 Å². The van der Waals surface area contributed by atoms with Crippen LogP contribution in [0, 0.1) is 5.92 Å². The lowest BCUT2D eigenvalue weighted by atomic mass is 10.1. The highest BCUT2D eigenvalue weighted by Crippen LogP contribution is 2.16. The zero-order valence-electron chi connectivity index (χ0n) is 12.6. The maximum Gasteiger partial charge on any atom is 0.239 e. The summed E-state index contributed by atoms with van der Waals surface area (Å²) in [6.45, 7) is 8.99. The van der Waals surface area contributed by atoms with Crippen LogP contribution in [0.3, 0.4) is 0 Å². The number of amides is 1. The molecular weight excluding hydrogens is 240 g/mol. The largest absolute Gasteiger partial charge is 0.339 e. The third-order valence-electron chi connectivity index (χ3n) is 4.48. The van der Waals surface area contributed by atoms with Crippen LogP contribution in [0.5, 0.6) is 0 Å². The van der Waals surface area contributed by atoms with Crippen LogP contribution in [-0.4, -0.2) is 86.6 Å². The van der Waals surface area contributed by atoms with Crippen molar-refractivity contribution < 1.29 is 4.79 Å². The number of carbonyl (C=O) groups is 1. The highest BCUT2D eigenvalue weighted by atomic mass is 16.2. The van der Waals surface area contributed by atoms with E-state index in [9.17, 15) is 4.79 Å². The van der Waals surface area contributed by atoms with Crippen LogP contribution in [0.15, 0.2) is 0 Å². The Kier molecular flexibility index (Phi) is 5.19. The van der Waals surface area contributed by atoms with Crippen LogP contribution in [0.1, 0.15) is 13.3 Å². The maximum atomic E-state index is 12.4. The summed E-state index contributed by atoms with van der Waals surface area (Å²) in [4.78, 5) is 19.0. The van der Waals surface area contributed by atoms with E-state index in [1.807, 2.05) is 11.8 Å². The van der Waals surface area contributed by atoms with Gasteiger partial charge in [-0.15, -0.1) is 0 Å². The van der Waals surface area contributed by atoms with Gasteiger partial charge in [-0.3, -0.25) is 9.69 Å². The van der Waals surface area contributed by atoms with E-state index in [1.165, 1.54) is 19.5 Å². The second-order valence-electron chi connectivity index (χ2n) is 6.11. The van der Waals surface area contributed by atoms with Crippen molar-refractivity contribution in [2.75, 3.05) is 59.9 Å². The lowest BCUT2D eigenvalue weighted by Gasteiger charge is -2.34. The number of likely N-dealkylation sites (tertiary alicyclic amines) is 1. The number of piperazine rings is 1. The van der Waals surface area contributed by atoms with E-state index in [0.29, 0.717) is 5.92 Å². The quantitative estimate of drug-likeness (QED) is 0.759. The van der Waals surface area contributed by atoms with Gasteiger partial charge in [0.15, 0.2) is 0 Å². The molecule has 2 aliphatic heterocycles. The van der Waals surface area contributed by atoms with Gasteiger partial charge in [0, 0.05) is 39.3 Å². The first-order valence-corrected chi connectivity index (χ1v) is 7.46. The molecule has 2 unspecified atom stereocenters. The van der Waals surface area contributed by atoms with Crippen molar-refractivity contribution in [1.82, 2.24) is 20.0 Å². The Bertz CT molecular complexity index is 304. The minimum absolute atomic E-state index is 0.00371. The molecule has 110 valence electrons. The molecule has 0 aliphatic carbocycles. The summed E-state index contributed by atoms with van der Waals surface area (Å²) in [5.41, 5.74) is 0. The molecule has 0 bridgehead atoms. The van der Waals surface area contributed by atoms with Gasteiger partial charge in [-0.1, -0.05) is 0 Å². The molecule has 0 aromatic carbocycles. The fourth-order valence-electron chi connectivity index (χ4n) is 3.08. The second kappa shape index (κ2) is 6.68. The molecule has 5 heteroatoms. The summed E-state index contributed by atoms with van der Waals surface area (Å²) in [5.74, 6) is 1.00. The Labute approximate surface area is 116 Å². The predicted octanol–water partition coefficient (Wildman–Crippen LogP) is -0.310. The van der Waals surface area contributed by atoms with Crippen molar-refractivity contribution in [3.8, 4) is 0 Å². The van der Waals surface area contributed by atoms with Crippen molar-refractivity contribution >= 4 is 5.91 Å². The van der Waals surface area contributed by atoms with E-state index >= 15 is 0 Å². The van der Waals surface area contributed by atoms with Crippen LogP contribution < -0.4 is 5.32 Å². The summed E-state index contributed by atoms with van der Waals surface area (Å²) < 4.78 is 0. The molecule has 0 saturated carbocycles. The molecule has 2 heterocycles. The number of likely N-dealkylation sites (N-methyl/N-ethyl adjacent to an activating group) is 1. The van der Waals surface area contributed by atoms with Crippen molar-refractivity contribution in [2.45, 2.75) is 19.4 Å². The van der Waals surface area contributed by atoms with Crippen LogP contribution in [0.4, 0.5) is 0 Å². The highest BCUT2D eigenvalue weighted by Gasteiger charge is 2.28. The van der Waals surface area contributed by atoms with Crippen LogP contribution in [-0.2, 0) is 4.79 Å². The fourth-order valence-corrected chi connectivity index (χ4v) is 3.08. The Morgan fingerprint density at radius 2 is 2.05 bits per heavy atom. The average molecular weight is 268 g/mol. The molecule has 5 nitrogen and oxygen atoms in total. The van der Waals surface area contributed by atoms with E-state index in [1.54, 1.807) is 0 Å². The average Bonchev–Trinajstić information content (AvgIpc) is 2.83. The number of rotatable bonds is 4. The number of hydrogen-bond donors (Lipinski definition) is 1. The molecule has 1 N–H and O–H groups in total. The summed E-state index contributed by atoms with van der Waals surface area (Å²) >= 11 is 0. The summed E-state index contributed by atoms with van der Waals surface area (Å²) in [5, 5.41) is 3.29. The summed E-state index contributed by atoms with van der Waals surface area (Å²) in [6, 6.07) is 0.00371. The Morgan fingerprint density at radius 1 is 1.37 bits per heavy atom. The van der Waals surface area contributed by atoms with Gasteiger partial charge in [-0.2, -0.15) is 0 Å². The smallest absolute Gasteiger partial charge is 0.239 e. The normalized spacial score (nSPS) is 26.9. The van der Waals surface area contributed by atoms with Crippen LogP contribution >= 0.6 is 0 Å². The van der Waals surface area contributed by atoms with Crippen molar-refractivity contribution in [1.29, 1.82) is 0 Å². The topological polar surface area (TPSA) is 38.8 Å². The summed E-state index contributed by atoms with van der Waals surface area (Å²) in [7, 11) is 4.26. The fraction of sp³-hybridized carbons (Fsp3) is 0.929. The molecular formula is C14H28N4O. The van der Waals surface area contributed by atoms with E-state index < -0.39 is 0 Å². The predicted molar refractivity (Wildman–Crippen MR) is 77.1 cm³/mol. The van der Waals surface area contributed by atoms with Gasteiger partial charge in [0.1, 0.15) is 0 Å². The lowest BCUT2D eigenvalue weighted by Crippen LogP contribution is -2.53. The minimum atomic E-state index is 0.00371. The van der Waals surface area contributed by atoms with Gasteiger partial charge < -0.3 is 15.1 Å². The molecule has 2 aliphatic rings. The van der Waals surface area contributed by atoms with Crippen LogP contribution in [0.2, 0.25) is 0 Å². The minimum Gasteiger partial charge on any atom is -0.339 e. The molecule has 0 aromatic rings. The van der Waals surface area contributed by atoms with E-state index in [2.05, 4.69) is 29.2 Å². The maximum absolute atomic E-state index is 12.4. The summed E-state index contributed by atoms with van der Waals surface area (Å²) in [6.07, 6.45) is 1.26. The molecule has 0 radical (unpaired) electrons. The Balaban J connectivity index is 1.80. The zero-order valence-corrected chi connectivity index (χ0v) is 12.6. The van der Waals surface area contributed by atoms with Gasteiger partial charge >= 0.3 is 0 Å². The zero-order chi connectivity index (χ0) is 13.8. The molecule has 0 spiro atoms. The van der Waals surface area contributed by atoms with Crippen molar-refractivity contribution in [2.24, 2.45) is 5.92 Å². The molecule has 2 fully saturated rings. The number of carbonyl (C=O) groups excluding carboxylic acids is 1. The van der Waals surface area contributed by atoms with E-state index in [-0.39, 0.29) is 11.9 Å². The second-order valence-corrected chi connectivity index (χ2v) is 6.11. The molecule has 2 rings (SSSR count). The number of hydrogen-bond acceptors (Lipinski definition) is 4. The third kappa shape index (κ3) is 3.91. The monoisotopic (exact) mass is 268 g/mol. The molecule has 1 amide bonds. The Hall–Kier alpha value is -0.650.